The molecule has 2 heterocycles. The van der Waals surface area contributed by atoms with E-state index in [1.807, 2.05) is 0 Å². The second-order valence-electron chi connectivity index (χ2n) is 9.65. The maximum atomic E-state index is 11.4. The van der Waals surface area contributed by atoms with Crippen LogP contribution in [0.15, 0.2) is 51.4 Å². The number of anilines is 2. The van der Waals surface area contributed by atoms with Gasteiger partial charge in [-0.05, 0) is 36.8 Å². The molecule has 4 rings (SSSR count). The van der Waals surface area contributed by atoms with E-state index in [9.17, 15) is 49.5 Å². The van der Waals surface area contributed by atoms with Crippen LogP contribution in [-0.4, -0.2) is 74.2 Å². The molecule has 0 spiro atoms. The molecule has 2 aromatic heterocycles. The number of aliphatic carboxylic acids is 4. The zero-order valence-corrected chi connectivity index (χ0v) is 44.5. The van der Waals surface area contributed by atoms with E-state index in [1.54, 1.807) is 13.0 Å². The number of rotatable bonds is 17. The zero-order chi connectivity index (χ0) is 33.5. The first-order valence-corrected chi connectivity index (χ1v) is 13.2. The smallest absolute Gasteiger partial charge is 0.548 e. The molecule has 17 nitrogen and oxygen atoms in total. The van der Waals surface area contributed by atoms with Crippen molar-refractivity contribution < 1.29 is 325 Å². The Morgan fingerprint density at radius 1 is 0.667 bits per heavy atom. The molecule has 242 valence electrons. The Morgan fingerprint density at radius 2 is 1.16 bits per heavy atom. The van der Waals surface area contributed by atoms with Crippen molar-refractivity contribution in [2.45, 2.75) is 6.92 Å². The van der Waals surface area contributed by atoms with Gasteiger partial charge in [-0.1, -0.05) is 6.07 Å². The van der Waals surface area contributed by atoms with Gasteiger partial charge in [-0.15, -0.1) is 0 Å². The summed E-state index contributed by atoms with van der Waals surface area (Å²) in [6.07, 6.45) is 0.912. The normalized spacial score (nSPS) is 9.75. The van der Waals surface area contributed by atoms with Crippen molar-refractivity contribution in [3.05, 3.63) is 53.9 Å². The number of carboxylic acid groups (broad SMARTS) is 5. The second-order valence-corrected chi connectivity index (χ2v) is 9.65. The van der Waals surface area contributed by atoms with Gasteiger partial charge < -0.3 is 77.6 Å². The molecule has 0 aliphatic carbocycles. The fourth-order valence-corrected chi connectivity index (χ4v) is 4.38. The Balaban J connectivity index is 0. The molecule has 51 heavy (non-hydrogen) atoms. The van der Waals surface area contributed by atoms with Gasteiger partial charge >= 0.3 is 257 Å². The molecule has 0 N–H and O–H groups in total. The Labute approximate surface area is 503 Å². The summed E-state index contributed by atoms with van der Waals surface area (Å²) in [4.78, 5) is 62.1. The van der Waals surface area contributed by atoms with Gasteiger partial charge in [-0.2, -0.15) is 0 Å². The van der Waals surface area contributed by atoms with E-state index in [4.69, 9.17) is 18.3 Å². The number of furan rings is 1. The maximum Gasteiger partial charge on any atom is 1.00 e. The SMILES string of the molecule is Cc1ccc(N(CC(=O)[O-])CC(=O)[O-])c(OCCOc2cc3cc(-c4ncc(C(=O)[O-])o4)oc3cc2N(CC(=O)[O-])CC(=O)[O-])c1.[K+].[K+].[K+].[K+].[K+]. The van der Waals surface area contributed by atoms with Crippen molar-refractivity contribution >= 4 is 52.2 Å². The largest absolute Gasteiger partial charge is 1.00 e. The maximum absolute atomic E-state index is 11.4. The van der Waals surface area contributed by atoms with Crippen LogP contribution in [0.3, 0.4) is 0 Å². The molecule has 0 saturated heterocycles. The van der Waals surface area contributed by atoms with Crippen molar-refractivity contribution in [2.24, 2.45) is 0 Å². The molecule has 0 aliphatic heterocycles. The molecular formula is C29H22K5N3O14. The average Bonchev–Trinajstić information content (AvgIpc) is 3.61. The van der Waals surface area contributed by atoms with Crippen molar-refractivity contribution in [1.82, 2.24) is 4.98 Å². The van der Waals surface area contributed by atoms with E-state index in [0.29, 0.717) is 10.9 Å². The van der Waals surface area contributed by atoms with Crippen LogP contribution in [0.4, 0.5) is 11.4 Å². The van der Waals surface area contributed by atoms with Crippen LogP contribution in [-0.2, 0) is 19.2 Å². The number of oxazole rings is 1. The predicted octanol–water partition coefficient (Wildman–Crippen LogP) is -19.2. The third kappa shape index (κ3) is 17.1. The Hall–Kier alpha value is 1.92. The van der Waals surface area contributed by atoms with E-state index in [2.05, 4.69) is 4.98 Å². The summed E-state index contributed by atoms with van der Waals surface area (Å²) >= 11 is 0. The quantitative estimate of drug-likeness (QED) is 0.0706. The monoisotopic (exact) mass is 831 g/mol. The molecule has 0 saturated carbocycles. The van der Waals surface area contributed by atoms with Crippen LogP contribution in [0.5, 0.6) is 11.5 Å². The number of aromatic carboxylic acids is 1. The number of ether oxygens (including phenoxy) is 2. The Kier molecular flexibility index (Phi) is 28.9. The molecule has 0 unspecified atom stereocenters. The molecule has 0 radical (unpaired) electrons. The molecule has 0 atom stereocenters. The average molecular weight is 832 g/mol. The van der Waals surface area contributed by atoms with Crippen LogP contribution in [0.1, 0.15) is 16.1 Å². The second kappa shape index (κ2) is 26.8. The number of hydrogen-bond acceptors (Lipinski definition) is 17. The van der Waals surface area contributed by atoms with Gasteiger partial charge in [0.05, 0.1) is 67.6 Å². The summed E-state index contributed by atoms with van der Waals surface area (Å²) in [7, 11) is 0. The fourth-order valence-electron chi connectivity index (χ4n) is 4.38. The van der Waals surface area contributed by atoms with Crippen molar-refractivity contribution in [2.75, 3.05) is 49.2 Å². The third-order valence-corrected chi connectivity index (χ3v) is 6.19. The minimum Gasteiger partial charge on any atom is -0.548 e. The zero-order valence-electron chi connectivity index (χ0n) is 28.8. The summed E-state index contributed by atoms with van der Waals surface area (Å²) in [5, 5.41) is 56.7. The minimum absolute atomic E-state index is 0. The number of benzene rings is 2. The van der Waals surface area contributed by atoms with Gasteiger partial charge in [0.2, 0.25) is 0 Å². The summed E-state index contributed by atoms with van der Waals surface area (Å²) in [5.41, 5.74) is 0.848. The van der Waals surface area contributed by atoms with Gasteiger partial charge in [0, 0.05) is 11.5 Å². The fraction of sp³-hybridized carbons (Fsp3) is 0.241. The van der Waals surface area contributed by atoms with Gasteiger partial charge in [0.15, 0.2) is 11.5 Å². The molecule has 2 aromatic carbocycles. The van der Waals surface area contributed by atoms with E-state index in [1.165, 1.54) is 30.3 Å². The first kappa shape index (κ1) is 55.0. The van der Waals surface area contributed by atoms with Crippen LogP contribution in [0.25, 0.3) is 22.6 Å². The minimum atomic E-state index is -1.62. The number of aromatic nitrogens is 1. The van der Waals surface area contributed by atoms with Gasteiger partial charge in [-0.25, -0.2) is 4.98 Å². The first-order chi connectivity index (χ1) is 21.8. The summed E-state index contributed by atoms with van der Waals surface area (Å²) < 4.78 is 22.4. The number of carbonyl (C=O) groups is 5. The Morgan fingerprint density at radius 3 is 1.63 bits per heavy atom. The molecular weight excluding hydrogens is 810 g/mol. The number of nitrogens with zero attached hydrogens (tertiary/aromatic N) is 3. The van der Waals surface area contributed by atoms with Crippen LogP contribution in [0.2, 0.25) is 0 Å². The number of hydrogen-bond donors (Lipinski definition) is 0. The van der Waals surface area contributed by atoms with Crippen molar-refractivity contribution in [1.29, 1.82) is 0 Å². The van der Waals surface area contributed by atoms with Crippen molar-refractivity contribution in [3.8, 4) is 23.1 Å². The number of aryl methyl sites for hydroxylation is 1. The summed E-state index contributed by atoms with van der Waals surface area (Å²) in [6.45, 7) is -2.03. The molecule has 0 fully saturated rings. The van der Waals surface area contributed by atoms with E-state index >= 15 is 0 Å². The molecule has 0 amide bonds. The van der Waals surface area contributed by atoms with Crippen LogP contribution >= 0.6 is 0 Å². The summed E-state index contributed by atoms with van der Waals surface area (Å²) in [5.74, 6) is -8.65. The topological polar surface area (TPSA) is 265 Å². The Bertz CT molecular complexity index is 1780. The summed E-state index contributed by atoms with van der Waals surface area (Å²) in [6, 6.07) is 8.68. The van der Waals surface area contributed by atoms with Crippen LogP contribution < -0.4 is 302 Å². The number of carbonyl (C=O) groups excluding carboxylic acids is 5. The molecule has 0 aliphatic rings. The van der Waals surface area contributed by atoms with E-state index < -0.39 is 61.8 Å². The van der Waals surface area contributed by atoms with Crippen molar-refractivity contribution in [3.63, 3.8) is 0 Å². The molecule has 4 aromatic rings. The standard InChI is InChI=1S/C29H27N3O14.5K/c1-15-2-3-17(31(11-24(33)34)12-25(35)36)20(6-15)43-4-5-44-21-7-16-8-22(28-30-10-23(46-28)29(41)42)45-19(16)9-18(21)32(13-26(37)38)14-27(39)40;;;;;/h2-3,6-10H,4-5,11-14H2,1H3,(H,33,34)(H,35,36)(H,37,38)(H,39,40)(H,41,42);;;;;/q;5*+1/p-5. The van der Waals surface area contributed by atoms with Gasteiger partial charge in [0.25, 0.3) is 5.89 Å². The van der Waals surface area contributed by atoms with Gasteiger partial charge in [0.1, 0.15) is 36.3 Å². The van der Waals surface area contributed by atoms with Crippen LogP contribution in [0, 0.1) is 6.92 Å². The van der Waals surface area contributed by atoms with E-state index in [0.717, 1.165) is 16.0 Å². The predicted molar refractivity (Wildman–Crippen MR) is 143 cm³/mol. The number of fused-ring (bicyclic) bond motifs is 1. The van der Waals surface area contributed by atoms with E-state index in [-0.39, 0.29) is 310 Å². The molecule has 0 bridgehead atoms. The molecule has 22 heteroatoms. The first-order valence-electron chi connectivity index (χ1n) is 13.2. The number of carboxylic acids is 5. The third-order valence-electron chi connectivity index (χ3n) is 6.19. The van der Waals surface area contributed by atoms with Gasteiger partial charge in [-0.3, -0.25) is 0 Å².